The molecule has 0 radical (unpaired) electrons. The van der Waals surface area contributed by atoms with Gasteiger partial charge in [0.15, 0.2) is 0 Å². The van der Waals surface area contributed by atoms with Gasteiger partial charge in [0.1, 0.15) is 5.75 Å². The monoisotopic (exact) mass is 262 g/mol. The molecule has 4 nitrogen and oxygen atoms in total. The first-order valence-electron chi connectivity index (χ1n) is 6.47. The van der Waals surface area contributed by atoms with Crippen LogP contribution in [0.4, 0.5) is 0 Å². The number of hydrogen-bond acceptors (Lipinski definition) is 3. The van der Waals surface area contributed by atoms with Crippen LogP contribution in [0.15, 0.2) is 43.0 Å². The van der Waals surface area contributed by atoms with Crippen molar-refractivity contribution in [2.45, 2.75) is 6.42 Å². The summed E-state index contributed by atoms with van der Waals surface area (Å²) in [6, 6.07) is 9.68. The van der Waals surface area contributed by atoms with Crippen LogP contribution in [-0.2, 0) is 4.79 Å². The molecule has 1 N–H and O–H groups in total. The number of likely N-dealkylation sites (N-methyl/N-ethyl adjacent to an activating group) is 1. The summed E-state index contributed by atoms with van der Waals surface area (Å²) in [6.07, 6.45) is 2.56. The first-order chi connectivity index (χ1) is 9.24. The van der Waals surface area contributed by atoms with Gasteiger partial charge in [0.05, 0.1) is 13.2 Å². The molecule has 0 saturated heterocycles. The van der Waals surface area contributed by atoms with Crippen molar-refractivity contribution in [1.29, 1.82) is 0 Å². The third-order valence-corrected chi connectivity index (χ3v) is 2.64. The van der Waals surface area contributed by atoms with Crippen LogP contribution in [0.2, 0.25) is 0 Å². The number of benzene rings is 1. The van der Waals surface area contributed by atoms with Crippen molar-refractivity contribution in [3.63, 3.8) is 0 Å². The molecule has 0 spiro atoms. The molecule has 0 aliphatic heterocycles. The maximum Gasteiger partial charge on any atom is 0.236 e. The predicted octanol–water partition coefficient (Wildman–Crippen LogP) is 1.69. The van der Waals surface area contributed by atoms with E-state index >= 15 is 0 Å². The van der Waals surface area contributed by atoms with E-state index in [4.69, 9.17) is 4.74 Å². The topological polar surface area (TPSA) is 41.6 Å². The second kappa shape index (κ2) is 9.16. The Bertz CT molecular complexity index is 379. The Morgan fingerprint density at radius 3 is 2.84 bits per heavy atom. The first kappa shape index (κ1) is 15.2. The van der Waals surface area contributed by atoms with Crippen LogP contribution < -0.4 is 10.1 Å². The number of nitrogens with one attached hydrogen (secondary N) is 1. The van der Waals surface area contributed by atoms with Crippen LogP contribution in [0.3, 0.4) is 0 Å². The predicted molar refractivity (Wildman–Crippen MR) is 77.3 cm³/mol. The molecular weight excluding hydrogens is 240 g/mol. The average molecular weight is 262 g/mol. The zero-order valence-corrected chi connectivity index (χ0v) is 11.5. The largest absolute Gasteiger partial charge is 0.494 e. The highest BCUT2D eigenvalue weighted by Crippen LogP contribution is 2.08. The molecule has 104 valence electrons. The van der Waals surface area contributed by atoms with E-state index in [2.05, 4.69) is 11.9 Å². The summed E-state index contributed by atoms with van der Waals surface area (Å²) >= 11 is 0. The minimum atomic E-state index is 0.0848. The minimum absolute atomic E-state index is 0.0848. The molecule has 0 aliphatic rings. The van der Waals surface area contributed by atoms with E-state index < -0.39 is 0 Å². The lowest BCUT2D eigenvalue weighted by Crippen LogP contribution is -2.36. The van der Waals surface area contributed by atoms with Crippen LogP contribution in [-0.4, -0.2) is 44.1 Å². The summed E-state index contributed by atoms with van der Waals surface area (Å²) in [6.45, 7) is 5.90. The third kappa shape index (κ3) is 6.62. The molecule has 0 atom stereocenters. The fourth-order valence-corrected chi connectivity index (χ4v) is 1.55. The zero-order valence-electron chi connectivity index (χ0n) is 11.5. The van der Waals surface area contributed by atoms with E-state index in [1.54, 1.807) is 18.0 Å². The van der Waals surface area contributed by atoms with Crippen LogP contribution in [0, 0.1) is 0 Å². The number of nitrogens with zero attached hydrogens (tertiary/aromatic N) is 1. The van der Waals surface area contributed by atoms with Crippen molar-refractivity contribution in [3.8, 4) is 5.75 Å². The van der Waals surface area contributed by atoms with Gasteiger partial charge < -0.3 is 15.0 Å². The van der Waals surface area contributed by atoms with Crippen molar-refractivity contribution in [2.24, 2.45) is 0 Å². The van der Waals surface area contributed by atoms with E-state index in [0.29, 0.717) is 26.2 Å². The van der Waals surface area contributed by atoms with Gasteiger partial charge in [0.25, 0.3) is 0 Å². The fourth-order valence-electron chi connectivity index (χ4n) is 1.55. The van der Waals surface area contributed by atoms with E-state index in [-0.39, 0.29) is 5.91 Å². The Morgan fingerprint density at radius 2 is 2.16 bits per heavy atom. The Labute approximate surface area is 115 Å². The highest BCUT2D eigenvalue weighted by Gasteiger charge is 2.06. The summed E-state index contributed by atoms with van der Waals surface area (Å²) < 4.78 is 5.57. The van der Waals surface area contributed by atoms with Crippen molar-refractivity contribution < 1.29 is 9.53 Å². The molecule has 0 aliphatic carbocycles. The second-order valence-corrected chi connectivity index (χ2v) is 4.25. The lowest BCUT2D eigenvalue weighted by Gasteiger charge is -2.17. The molecular formula is C15H22N2O2. The van der Waals surface area contributed by atoms with Crippen LogP contribution >= 0.6 is 0 Å². The Morgan fingerprint density at radius 1 is 1.42 bits per heavy atom. The Balaban J connectivity index is 2.11. The summed E-state index contributed by atoms with van der Waals surface area (Å²) in [5.74, 6) is 0.950. The minimum Gasteiger partial charge on any atom is -0.494 e. The molecule has 0 heterocycles. The highest BCUT2D eigenvalue weighted by molar-refractivity contribution is 5.77. The number of ether oxygens (including phenoxy) is 1. The van der Waals surface area contributed by atoms with E-state index in [1.165, 1.54) is 0 Å². The number of amides is 1. The normalized spacial score (nSPS) is 9.95. The van der Waals surface area contributed by atoms with E-state index in [9.17, 15) is 4.79 Å². The third-order valence-electron chi connectivity index (χ3n) is 2.64. The summed E-state index contributed by atoms with van der Waals surface area (Å²) in [4.78, 5) is 13.4. The molecule has 0 saturated carbocycles. The van der Waals surface area contributed by atoms with Gasteiger partial charge in [-0.2, -0.15) is 0 Å². The first-order valence-corrected chi connectivity index (χ1v) is 6.47. The molecule has 1 aromatic rings. The van der Waals surface area contributed by atoms with Gasteiger partial charge in [-0.15, -0.1) is 6.58 Å². The number of carbonyl (C=O) groups excluding carboxylic acids is 1. The summed E-state index contributed by atoms with van der Waals surface area (Å²) in [5, 5.41) is 2.99. The maximum atomic E-state index is 11.7. The van der Waals surface area contributed by atoms with Crippen molar-refractivity contribution >= 4 is 5.91 Å². The Kier molecular flexibility index (Phi) is 7.35. The lowest BCUT2D eigenvalue weighted by atomic mass is 10.3. The molecule has 0 bridgehead atoms. The molecule has 1 rings (SSSR count). The number of hydrogen-bond donors (Lipinski definition) is 1. The lowest BCUT2D eigenvalue weighted by molar-refractivity contribution is -0.129. The fraction of sp³-hybridized carbons (Fsp3) is 0.400. The molecule has 0 aromatic heterocycles. The van der Waals surface area contributed by atoms with Crippen LogP contribution in [0.5, 0.6) is 5.75 Å². The van der Waals surface area contributed by atoms with Gasteiger partial charge in [0, 0.05) is 20.1 Å². The molecule has 19 heavy (non-hydrogen) atoms. The van der Waals surface area contributed by atoms with Gasteiger partial charge in [-0.1, -0.05) is 24.3 Å². The van der Waals surface area contributed by atoms with E-state index in [0.717, 1.165) is 12.2 Å². The summed E-state index contributed by atoms with van der Waals surface area (Å²) in [7, 11) is 1.81. The van der Waals surface area contributed by atoms with Crippen molar-refractivity contribution in [2.75, 3.05) is 33.3 Å². The summed E-state index contributed by atoms with van der Waals surface area (Å²) in [5.41, 5.74) is 0. The van der Waals surface area contributed by atoms with Gasteiger partial charge in [-0.25, -0.2) is 0 Å². The zero-order chi connectivity index (χ0) is 13.9. The molecule has 0 fully saturated rings. The second-order valence-electron chi connectivity index (χ2n) is 4.25. The van der Waals surface area contributed by atoms with Crippen LogP contribution in [0.1, 0.15) is 6.42 Å². The van der Waals surface area contributed by atoms with Gasteiger partial charge in [-0.3, -0.25) is 4.79 Å². The number of carbonyl (C=O) groups is 1. The van der Waals surface area contributed by atoms with Gasteiger partial charge in [-0.05, 0) is 18.6 Å². The Hall–Kier alpha value is -1.81. The molecule has 0 unspecified atom stereocenters. The highest BCUT2D eigenvalue weighted by atomic mass is 16.5. The molecule has 1 amide bonds. The number of para-hydroxylation sites is 1. The maximum absolute atomic E-state index is 11.7. The standard InChI is InChI=1S/C15H22N2O2/c1-3-10-16-13-15(18)17(2)11-7-12-19-14-8-5-4-6-9-14/h3-6,8-9,16H,1,7,10-13H2,2H3. The van der Waals surface area contributed by atoms with Crippen molar-refractivity contribution in [3.05, 3.63) is 43.0 Å². The quantitative estimate of drug-likeness (QED) is 0.544. The van der Waals surface area contributed by atoms with Crippen LogP contribution in [0.25, 0.3) is 0 Å². The van der Waals surface area contributed by atoms with Crippen molar-refractivity contribution in [1.82, 2.24) is 10.2 Å². The van der Waals surface area contributed by atoms with Gasteiger partial charge in [0.2, 0.25) is 5.91 Å². The van der Waals surface area contributed by atoms with E-state index in [1.807, 2.05) is 30.3 Å². The average Bonchev–Trinajstić information content (AvgIpc) is 2.44. The number of rotatable bonds is 9. The SMILES string of the molecule is C=CCNCC(=O)N(C)CCCOc1ccccc1. The van der Waals surface area contributed by atoms with Gasteiger partial charge >= 0.3 is 0 Å². The molecule has 4 heteroatoms. The smallest absolute Gasteiger partial charge is 0.236 e. The molecule has 1 aromatic carbocycles.